The normalized spacial score (nSPS) is 10.7. The summed E-state index contributed by atoms with van der Waals surface area (Å²) in [5, 5.41) is 0.586. The fraction of sp³-hybridized carbons (Fsp3) is 0.118. The topological polar surface area (TPSA) is 246 Å². The van der Waals surface area contributed by atoms with E-state index in [-0.39, 0.29) is 23.0 Å². The molecule has 0 spiro atoms. The summed E-state index contributed by atoms with van der Waals surface area (Å²) < 4.78 is 3.48. The Kier molecular flexibility index (Phi) is 6.30. The highest BCUT2D eigenvalue weighted by atomic mass is 35.5. The van der Waals surface area contributed by atoms with E-state index in [9.17, 15) is 0 Å². The molecular formula is C17H18Cl2N16. The van der Waals surface area contributed by atoms with Crippen molar-refractivity contribution in [3.63, 3.8) is 0 Å². The number of anilines is 4. The van der Waals surface area contributed by atoms with Crippen molar-refractivity contribution in [2.75, 3.05) is 22.9 Å². The van der Waals surface area contributed by atoms with E-state index in [1.807, 2.05) is 14.1 Å². The number of halogens is 2. The SMILES string of the molecule is Cn1cnc2c(Cl)nc(N)nc21.Cn1cnc2c(N)nc(N)nc21.Nc1nc(Cl)c2[nH]cnc2n1. The highest BCUT2D eigenvalue weighted by Crippen LogP contribution is 2.18. The van der Waals surface area contributed by atoms with Gasteiger partial charge in [0.1, 0.15) is 16.6 Å². The molecule has 18 heteroatoms. The minimum Gasteiger partial charge on any atom is -0.382 e. The number of rotatable bonds is 0. The summed E-state index contributed by atoms with van der Waals surface area (Å²) in [6, 6.07) is 0. The largest absolute Gasteiger partial charge is 0.382 e. The van der Waals surface area contributed by atoms with Crippen molar-refractivity contribution in [3.8, 4) is 0 Å². The number of hydrogen-bond acceptors (Lipinski definition) is 13. The predicted octanol–water partition coefficient (Wildman–Crippen LogP) is 0.715. The fourth-order valence-electron chi connectivity index (χ4n) is 2.85. The van der Waals surface area contributed by atoms with Crippen LogP contribution in [0.4, 0.5) is 23.7 Å². The third-order valence-corrected chi connectivity index (χ3v) is 4.93. The molecule has 16 nitrogen and oxygen atoms in total. The minimum atomic E-state index is 0.134. The molecule has 0 radical (unpaired) electrons. The molecule has 0 unspecified atom stereocenters. The number of aromatic nitrogens is 12. The van der Waals surface area contributed by atoms with Crippen molar-refractivity contribution < 1.29 is 0 Å². The van der Waals surface area contributed by atoms with Crippen LogP contribution in [0.5, 0.6) is 0 Å². The summed E-state index contributed by atoms with van der Waals surface area (Å²) in [7, 11) is 3.64. The maximum atomic E-state index is 5.77. The summed E-state index contributed by atoms with van der Waals surface area (Å²) in [5.41, 5.74) is 25.3. The summed E-state index contributed by atoms with van der Waals surface area (Å²) in [6.07, 6.45) is 4.73. The van der Waals surface area contributed by atoms with Gasteiger partial charge in [0.05, 0.1) is 19.0 Å². The Morgan fingerprint density at radius 1 is 0.686 bits per heavy atom. The summed E-state index contributed by atoms with van der Waals surface area (Å²) >= 11 is 11.5. The quantitative estimate of drug-likeness (QED) is 0.174. The number of nitrogens with zero attached hydrogens (tertiary/aromatic N) is 11. The summed E-state index contributed by atoms with van der Waals surface area (Å²) in [6.45, 7) is 0. The van der Waals surface area contributed by atoms with Gasteiger partial charge in [-0.15, -0.1) is 0 Å². The highest BCUT2D eigenvalue weighted by molar-refractivity contribution is 6.33. The van der Waals surface area contributed by atoms with Crippen molar-refractivity contribution in [1.29, 1.82) is 0 Å². The van der Waals surface area contributed by atoms with E-state index in [4.69, 9.17) is 46.1 Å². The highest BCUT2D eigenvalue weighted by Gasteiger charge is 2.08. The minimum absolute atomic E-state index is 0.134. The van der Waals surface area contributed by atoms with Crippen LogP contribution in [-0.2, 0) is 14.1 Å². The van der Waals surface area contributed by atoms with Crippen LogP contribution in [0.3, 0.4) is 0 Å². The monoisotopic (exact) mass is 516 g/mol. The zero-order valence-electron chi connectivity index (χ0n) is 18.2. The Morgan fingerprint density at radius 2 is 1.23 bits per heavy atom. The van der Waals surface area contributed by atoms with Gasteiger partial charge in [-0.1, -0.05) is 23.2 Å². The molecule has 35 heavy (non-hydrogen) atoms. The third-order valence-electron chi connectivity index (χ3n) is 4.40. The molecule has 0 saturated carbocycles. The third kappa shape index (κ3) is 4.87. The second kappa shape index (κ2) is 9.35. The Balaban J connectivity index is 0.000000124. The Morgan fingerprint density at radius 3 is 1.91 bits per heavy atom. The van der Waals surface area contributed by atoms with Gasteiger partial charge in [-0.05, 0) is 0 Å². The van der Waals surface area contributed by atoms with Gasteiger partial charge >= 0.3 is 0 Å². The van der Waals surface area contributed by atoms with Crippen LogP contribution in [0, 0.1) is 0 Å². The van der Waals surface area contributed by atoms with Crippen LogP contribution in [0.15, 0.2) is 19.0 Å². The predicted molar refractivity (Wildman–Crippen MR) is 132 cm³/mol. The standard InChI is InChI=1S/C6H6ClN5.C6H8N6.C5H4ClN5/c2*1-12-2-9-3-4(7)10-6(8)11-5(3)12;6-3-2-4(9-1-8-2)11-5(7)10-3/h2H,1H3,(H2,8,10,11);2H,1H3,(H4,7,8,10,11);1H,(H3,7,8,9,10,11). The number of H-pyrrole nitrogens is 1. The van der Waals surface area contributed by atoms with Crippen LogP contribution in [0.25, 0.3) is 33.5 Å². The number of imidazole rings is 3. The van der Waals surface area contributed by atoms with Crippen LogP contribution < -0.4 is 22.9 Å². The van der Waals surface area contributed by atoms with Crippen molar-refractivity contribution >= 4 is 80.4 Å². The van der Waals surface area contributed by atoms with Crippen molar-refractivity contribution in [3.05, 3.63) is 29.3 Å². The van der Waals surface area contributed by atoms with Gasteiger partial charge in [0.15, 0.2) is 33.1 Å². The first-order valence-electron chi connectivity index (χ1n) is 9.56. The van der Waals surface area contributed by atoms with Crippen molar-refractivity contribution in [2.24, 2.45) is 14.1 Å². The summed E-state index contributed by atoms with van der Waals surface area (Å²) in [4.78, 5) is 37.8. The molecule has 0 bridgehead atoms. The lowest BCUT2D eigenvalue weighted by Crippen LogP contribution is -2.01. The lowest BCUT2D eigenvalue weighted by Gasteiger charge is -1.96. The Hall–Kier alpha value is -4.57. The molecule has 0 saturated heterocycles. The van der Waals surface area contributed by atoms with Gasteiger partial charge in [0.25, 0.3) is 0 Å². The first-order valence-corrected chi connectivity index (χ1v) is 10.3. The molecule has 0 aliphatic carbocycles. The van der Waals surface area contributed by atoms with Crippen LogP contribution >= 0.6 is 23.2 Å². The maximum absolute atomic E-state index is 5.77. The first kappa shape index (κ1) is 23.6. The van der Waals surface area contributed by atoms with Gasteiger partial charge in [-0.3, -0.25) is 0 Å². The molecule has 180 valence electrons. The van der Waals surface area contributed by atoms with Gasteiger partial charge in [0, 0.05) is 14.1 Å². The van der Waals surface area contributed by atoms with Gasteiger partial charge < -0.3 is 37.1 Å². The van der Waals surface area contributed by atoms with E-state index in [1.165, 1.54) is 6.33 Å². The molecule has 0 amide bonds. The number of hydrogen-bond donors (Lipinski definition) is 5. The molecule has 6 aromatic heterocycles. The average molecular weight is 517 g/mol. The van der Waals surface area contributed by atoms with Gasteiger partial charge in [0.2, 0.25) is 17.8 Å². The summed E-state index contributed by atoms with van der Waals surface area (Å²) in [5.74, 6) is 0.785. The molecular weight excluding hydrogens is 499 g/mol. The molecule has 0 aromatic carbocycles. The second-order valence-corrected chi connectivity index (χ2v) is 7.58. The van der Waals surface area contributed by atoms with E-state index in [0.29, 0.717) is 44.5 Å². The molecule has 9 N–H and O–H groups in total. The zero-order chi connectivity index (χ0) is 25.3. The van der Waals surface area contributed by atoms with Crippen LogP contribution in [0.1, 0.15) is 0 Å². The van der Waals surface area contributed by atoms with E-state index in [0.717, 1.165) is 0 Å². The Bertz CT molecular complexity index is 1570. The van der Waals surface area contributed by atoms with E-state index >= 15 is 0 Å². The second-order valence-electron chi connectivity index (χ2n) is 6.87. The number of aryl methyl sites for hydroxylation is 2. The number of nitrogen functional groups attached to an aromatic ring is 4. The number of aromatic amines is 1. The molecule has 0 atom stereocenters. The van der Waals surface area contributed by atoms with Crippen LogP contribution in [0.2, 0.25) is 10.3 Å². The Labute approximate surface area is 205 Å². The lowest BCUT2D eigenvalue weighted by molar-refractivity contribution is 0.929. The lowest BCUT2D eigenvalue weighted by atomic mass is 10.5. The zero-order valence-corrected chi connectivity index (χ0v) is 19.7. The number of nitrogens with two attached hydrogens (primary N) is 4. The van der Waals surface area contributed by atoms with Gasteiger partial charge in [-0.2, -0.15) is 29.9 Å². The molecule has 6 rings (SSSR count). The smallest absolute Gasteiger partial charge is 0.224 e. The van der Waals surface area contributed by atoms with Gasteiger partial charge in [-0.25, -0.2) is 15.0 Å². The number of nitrogens with one attached hydrogen (secondary N) is 1. The van der Waals surface area contributed by atoms with E-state index in [2.05, 4.69) is 49.8 Å². The fourth-order valence-corrected chi connectivity index (χ4v) is 3.29. The molecule has 6 aromatic rings. The molecule has 6 heterocycles. The average Bonchev–Trinajstić information content (AvgIpc) is 3.49. The van der Waals surface area contributed by atoms with Crippen molar-refractivity contribution in [2.45, 2.75) is 0 Å². The molecule has 0 aliphatic heterocycles. The van der Waals surface area contributed by atoms with Crippen molar-refractivity contribution in [1.82, 2.24) is 59.0 Å². The number of fused-ring (bicyclic) bond motifs is 3. The van der Waals surface area contributed by atoms with E-state index in [1.54, 1.807) is 21.8 Å². The first-order chi connectivity index (χ1) is 16.6. The maximum Gasteiger partial charge on any atom is 0.224 e. The van der Waals surface area contributed by atoms with E-state index < -0.39 is 0 Å². The molecule has 0 aliphatic rings. The van der Waals surface area contributed by atoms with Crippen LogP contribution in [-0.4, -0.2) is 59.0 Å². The molecule has 0 fully saturated rings.